The van der Waals surface area contributed by atoms with Gasteiger partial charge >= 0.3 is 0 Å². The Morgan fingerprint density at radius 2 is 0.979 bits per heavy atom. The van der Waals surface area contributed by atoms with E-state index in [1.807, 2.05) is 0 Å². The van der Waals surface area contributed by atoms with E-state index in [0.717, 1.165) is 17.8 Å². The average molecular weight is 609 g/mol. The van der Waals surface area contributed by atoms with Crippen LogP contribution in [-0.4, -0.2) is 0 Å². The number of nitrogens with zero attached hydrogens (tertiary/aromatic N) is 2. The fourth-order valence-corrected chi connectivity index (χ4v) is 7.03. The molecule has 1 aliphatic carbocycles. The van der Waals surface area contributed by atoms with Crippen LogP contribution in [0, 0.1) is 12.8 Å². The van der Waals surface area contributed by atoms with Crippen molar-refractivity contribution in [3.8, 4) is 11.1 Å². The Morgan fingerprint density at radius 1 is 0.468 bits per heavy atom. The van der Waals surface area contributed by atoms with Gasteiger partial charge in [0.05, 0.1) is 0 Å². The highest BCUT2D eigenvalue weighted by Crippen LogP contribution is 2.44. The minimum atomic E-state index is 0.350. The number of rotatable bonds is 8. The van der Waals surface area contributed by atoms with Crippen molar-refractivity contribution >= 4 is 34.0 Å². The molecule has 0 fully saturated rings. The topological polar surface area (TPSA) is 6.48 Å². The van der Waals surface area contributed by atoms with Crippen molar-refractivity contribution in [1.29, 1.82) is 0 Å². The van der Waals surface area contributed by atoms with Crippen LogP contribution in [0.3, 0.4) is 0 Å². The highest BCUT2D eigenvalue weighted by atomic mass is 15.2. The van der Waals surface area contributed by atoms with E-state index in [-0.39, 0.29) is 0 Å². The number of benzene rings is 6. The Labute approximate surface area is 279 Å². The largest absolute Gasteiger partial charge is 0.314 e. The molecule has 47 heavy (non-hydrogen) atoms. The van der Waals surface area contributed by atoms with Gasteiger partial charge in [-0.05, 0) is 126 Å². The van der Waals surface area contributed by atoms with E-state index >= 15 is 0 Å². The van der Waals surface area contributed by atoms with Crippen LogP contribution in [-0.2, 0) is 0 Å². The predicted molar refractivity (Wildman–Crippen MR) is 201 cm³/mol. The second-order valence-corrected chi connectivity index (χ2v) is 12.4. The highest BCUT2D eigenvalue weighted by molar-refractivity contribution is 5.83. The first-order valence-electron chi connectivity index (χ1n) is 16.5. The smallest absolute Gasteiger partial charge is 0.0491 e. The number of hydrogen-bond acceptors (Lipinski definition) is 2. The van der Waals surface area contributed by atoms with Gasteiger partial charge in [0, 0.05) is 34.1 Å². The van der Waals surface area contributed by atoms with Gasteiger partial charge in [-0.3, -0.25) is 0 Å². The van der Waals surface area contributed by atoms with Gasteiger partial charge in [-0.25, -0.2) is 0 Å². The van der Waals surface area contributed by atoms with E-state index in [1.54, 1.807) is 0 Å². The molecule has 0 N–H and O–H groups in total. The molecule has 1 aliphatic rings. The third-order valence-electron chi connectivity index (χ3n) is 9.11. The van der Waals surface area contributed by atoms with E-state index in [2.05, 4.69) is 200 Å². The molecule has 230 valence electrons. The molecule has 2 nitrogen and oxygen atoms in total. The minimum Gasteiger partial charge on any atom is -0.314 e. The van der Waals surface area contributed by atoms with Crippen LogP contribution in [0.2, 0.25) is 0 Å². The van der Waals surface area contributed by atoms with Crippen molar-refractivity contribution in [3.05, 3.63) is 192 Å². The van der Waals surface area contributed by atoms with E-state index in [0.29, 0.717) is 5.92 Å². The molecular weight excluding hydrogens is 569 g/mol. The van der Waals surface area contributed by atoms with Crippen molar-refractivity contribution in [2.45, 2.75) is 27.2 Å². The van der Waals surface area contributed by atoms with Gasteiger partial charge in [0.25, 0.3) is 0 Å². The normalized spacial score (nSPS) is 14.4. The van der Waals surface area contributed by atoms with E-state index in [1.165, 1.54) is 56.2 Å². The lowest BCUT2D eigenvalue weighted by atomic mass is 9.82. The molecule has 2 heteroatoms. The van der Waals surface area contributed by atoms with Gasteiger partial charge in [0.2, 0.25) is 0 Å². The summed E-state index contributed by atoms with van der Waals surface area (Å²) in [7, 11) is 0. The Balaban J connectivity index is 1.27. The zero-order valence-electron chi connectivity index (χ0n) is 27.3. The predicted octanol–water partition coefficient (Wildman–Crippen LogP) is 12.7. The molecule has 0 saturated heterocycles. The van der Waals surface area contributed by atoms with Crippen LogP contribution in [0.4, 0.5) is 28.4 Å². The Morgan fingerprint density at radius 3 is 1.53 bits per heavy atom. The zero-order valence-corrected chi connectivity index (χ0v) is 27.3. The molecule has 7 rings (SSSR count). The number of hydrogen-bond donors (Lipinski definition) is 0. The summed E-state index contributed by atoms with van der Waals surface area (Å²) < 4.78 is 0. The third-order valence-corrected chi connectivity index (χ3v) is 9.11. The lowest BCUT2D eigenvalue weighted by Crippen LogP contribution is -2.21. The molecule has 0 amide bonds. The van der Waals surface area contributed by atoms with Crippen LogP contribution in [0.1, 0.15) is 31.4 Å². The van der Waals surface area contributed by atoms with Gasteiger partial charge in [-0.15, -0.1) is 0 Å². The molecule has 6 aromatic carbocycles. The molecule has 0 aliphatic heterocycles. The summed E-state index contributed by atoms with van der Waals surface area (Å²) in [5.74, 6) is 0.350. The number of para-hydroxylation sites is 3. The van der Waals surface area contributed by atoms with Crippen molar-refractivity contribution in [1.82, 2.24) is 0 Å². The summed E-state index contributed by atoms with van der Waals surface area (Å²) in [5.41, 5.74) is 14.9. The standard InChI is InChI=1S/C45H40N2/c1-33-29-38(27-28-44(33)47(40-22-12-6-13-23-40)41-24-14-7-15-25-41)45-34(2)30-43(31-35(45)3)46(39-20-10-5-11-21-39)42-26-16-19-37(32-42)36-17-8-4-9-18-36/h4-30,32,35H,31H2,1-3H3. The summed E-state index contributed by atoms with van der Waals surface area (Å²) in [6.45, 7) is 6.89. The summed E-state index contributed by atoms with van der Waals surface area (Å²) in [6, 6.07) is 58.6. The maximum atomic E-state index is 2.44. The lowest BCUT2D eigenvalue weighted by molar-refractivity contribution is 0.709. The first-order valence-corrected chi connectivity index (χ1v) is 16.5. The SMILES string of the molecule is CC1=C(c2ccc(N(c3ccccc3)c3ccccc3)c(C)c2)C(C)CC(N(c2ccccc2)c2cccc(-c3ccccc3)c2)=C1. The van der Waals surface area contributed by atoms with Crippen LogP contribution in [0.25, 0.3) is 16.7 Å². The summed E-state index contributed by atoms with van der Waals surface area (Å²) >= 11 is 0. The van der Waals surface area contributed by atoms with Crippen LogP contribution >= 0.6 is 0 Å². The van der Waals surface area contributed by atoms with Gasteiger partial charge in [0.1, 0.15) is 0 Å². The first-order chi connectivity index (χ1) is 23.1. The fraction of sp³-hybridized carbons (Fsp3) is 0.111. The molecule has 0 bridgehead atoms. The first kappa shape index (κ1) is 30.1. The molecule has 0 saturated carbocycles. The van der Waals surface area contributed by atoms with Crippen LogP contribution in [0.5, 0.6) is 0 Å². The van der Waals surface area contributed by atoms with E-state index in [9.17, 15) is 0 Å². The molecule has 0 aromatic heterocycles. The second-order valence-electron chi connectivity index (χ2n) is 12.4. The molecular formula is C45H40N2. The maximum absolute atomic E-state index is 2.44. The Hall–Kier alpha value is -5.60. The molecule has 0 radical (unpaired) electrons. The average Bonchev–Trinajstić information content (AvgIpc) is 3.11. The maximum Gasteiger partial charge on any atom is 0.0491 e. The fourth-order valence-electron chi connectivity index (χ4n) is 7.03. The van der Waals surface area contributed by atoms with Gasteiger partial charge < -0.3 is 9.80 Å². The van der Waals surface area contributed by atoms with Gasteiger partial charge in [-0.1, -0.05) is 110 Å². The van der Waals surface area contributed by atoms with Crippen molar-refractivity contribution in [2.75, 3.05) is 9.80 Å². The molecule has 0 spiro atoms. The van der Waals surface area contributed by atoms with E-state index < -0.39 is 0 Å². The van der Waals surface area contributed by atoms with Crippen molar-refractivity contribution in [2.24, 2.45) is 5.92 Å². The van der Waals surface area contributed by atoms with Gasteiger partial charge in [-0.2, -0.15) is 0 Å². The highest BCUT2D eigenvalue weighted by Gasteiger charge is 2.26. The zero-order chi connectivity index (χ0) is 32.2. The summed E-state index contributed by atoms with van der Waals surface area (Å²) in [4.78, 5) is 4.79. The Bertz CT molecular complexity index is 1990. The number of aryl methyl sites for hydroxylation is 1. The molecule has 1 unspecified atom stereocenters. The summed E-state index contributed by atoms with van der Waals surface area (Å²) in [6.07, 6.45) is 3.35. The van der Waals surface area contributed by atoms with Gasteiger partial charge in [0.15, 0.2) is 0 Å². The molecule has 0 heterocycles. The van der Waals surface area contributed by atoms with Crippen molar-refractivity contribution in [3.63, 3.8) is 0 Å². The summed E-state index contributed by atoms with van der Waals surface area (Å²) in [5, 5.41) is 0. The molecule has 6 aromatic rings. The molecule has 1 atom stereocenters. The van der Waals surface area contributed by atoms with Crippen molar-refractivity contribution < 1.29 is 0 Å². The van der Waals surface area contributed by atoms with E-state index in [4.69, 9.17) is 0 Å². The second kappa shape index (κ2) is 13.4. The lowest BCUT2D eigenvalue weighted by Gasteiger charge is -2.34. The Kier molecular flexibility index (Phi) is 8.58. The monoisotopic (exact) mass is 608 g/mol. The minimum absolute atomic E-state index is 0.350. The number of anilines is 5. The number of allylic oxidation sites excluding steroid dienone is 4. The quantitative estimate of drug-likeness (QED) is 0.170. The third kappa shape index (κ3) is 6.28. The van der Waals surface area contributed by atoms with Crippen LogP contribution in [0.15, 0.2) is 181 Å². The van der Waals surface area contributed by atoms with Crippen LogP contribution < -0.4 is 9.80 Å².